The molecule has 0 radical (unpaired) electrons. The number of halogens is 2. The molecule has 1 heterocycles. The highest BCUT2D eigenvalue weighted by molar-refractivity contribution is 6.32. The minimum Gasteiger partial charge on any atom is -0.335 e. The van der Waals surface area contributed by atoms with Gasteiger partial charge in [0.2, 0.25) is 0 Å². The van der Waals surface area contributed by atoms with Crippen LogP contribution in [0.5, 0.6) is 0 Å². The number of aromatic nitrogens is 3. The molecule has 0 unspecified atom stereocenters. The molecule has 0 atom stereocenters. The highest BCUT2D eigenvalue weighted by Crippen LogP contribution is 2.24. The first-order chi connectivity index (χ1) is 9.49. The summed E-state index contributed by atoms with van der Waals surface area (Å²) >= 11 is 5.70. The summed E-state index contributed by atoms with van der Waals surface area (Å²) in [7, 11) is 0. The Kier molecular flexibility index (Phi) is 5.44. The van der Waals surface area contributed by atoms with Crippen molar-refractivity contribution in [1.82, 2.24) is 14.9 Å². The Labute approximate surface area is 130 Å². The number of hydrogen-bond acceptors (Lipinski definition) is 7. The van der Waals surface area contributed by atoms with Gasteiger partial charge in [0, 0.05) is 11.6 Å². The summed E-state index contributed by atoms with van der Waals surface area (Å²) in [4.78, 5) is 10.2. The van der Waals surface area contributed by atoms with Gasteiger partial charge in [0.15, 0.2) is 5.82 Å². The fourth-order valence-corrected chi connectivity index (χ4v) is 1.55. The SMILES string of the molecule is Cc1nnc(N/N=C/c2ccc(Cl)c([N+](=O)[O-])c2)n1N.Cl. The van der Waals surface area contributed by atoms with Crippen LogP contribution in [0.25, 0.3) is 0 Å². The molecule has 0 saturated heterocycles. The maximum absolute atomic E-state index is 10.7. The number of anilines is 1. The number of benzene rings is 1. The molecule has 3 N–H and O–H groups in total. The fraction of sp³-hybridized carbons (Fsp3) is 0.100. The van der Waals surface area contributed by atoms with E-state index in [1.54, 1.807) is 13.0 Å². The monoisotopic (exact) mass is 331 g/mol. The number of hydrogen-bond donors (Lipinski definition) is 2. The van der Waals surface area contributed by atoms with Crippen LogP contribution in [0.4, 0.5) is 11.6 Å². The highest BCUT2D eigenvalue weighted by Gasteiger charge is 2.11. The zero-order valence-electron chi connectivity index (χ0n) is 10.7. The Bertz CT molecular complexity index is 686. The summed E-state index contributed by atoms with van der Waals surface area (Å²) in [5.41, 5.74) is 2.90. The van der Waals surface area contributed by atoms with Gasteiger partial charge in [-0.15, -0.1) is 22.6 Å². The molecule has 2 aromatic rings. The fourth-order valence-electron chi connectivity index (χ4n) is 1.36. The average Bonchev–Trinajstić information content (AvgIpc) is 2.72. The van der Waals surface area contributed by atoms with Crippen LogP contribution >= 0.6 is 24.0 Å². The van der Waals surface area contributed by atoms with Gasteiger partial charge < -0.3 is 5.84 Å². The molecule has 1 aromatic heterocycles. The number of nitrogen functional groups attached to an aromatic ring is 1. The standard InChI is InChI=1S/C10H10ClN7O2.ClH/c1-6-14-16-10(17(6)12)15-13-5-7-2-3-8(11)9(4-7)18(19)20;/h2-5H,12H2,1H3,(H,15,16);1H/b13-5+;. The normalized spacial score (nSPS) is 10.4. The molecule has 21 heavy (non-hydrogen) atoms. The zero-order chi connectivity index (χ0) is 14.7. The topological polar surface area (TPSA) is 124 Å². The van der Waals surface area contributed by atoms with Crippen LogP contribution in [0, 0.1) is 17.0 Å². The van der Waals surface area contributed by atoms with Gasteiger partial charge in [-0.2, -0.15) is 5.10 Å². The predicted octanol–water partition coefficient (Wildman–Crippen LogP) is 1.73. The van der Waals surface area contributed by atoms with E-state index < -0.39 is 4.92 Å². The van der Waals surface area contributed by atoms with Crippen LogP contribution in [0.15, 0.2) is 23.3 Å². The lowest BCUT2D eigenvalue weighted by Gasteiger charge is -2.00. The lowest BCUT2D eigenvalue weighted by atomic mass is 10.2. The smallest absolute Gasteiger partial charge is 0.288 e. The predicted molar refractivity (Wildman–Crippen MR) is 81.5 cm³/mol. The molecule has 2 rings (SSSR count). The molecule has 112 valence electrons. The molecule has 9 nitrogen and oxygen atoms in total. The molecule has 0 aliphatic carbocycles. The number of nitrogens with one attached hydrogen (secondary N) is 1. The molecule has 0 amide bonds. The van der Waals surface area contributed by atoms with E-state index in [0.717, 1.165) is 0 Å². The van der Waals surface area contributed by atoms with Gasteiger partial charge in [0.05, 0.1) is 11.1 Å². The molecular weight excluding hydrogens is 321 g/mol. The molecule has 0 bridgehead atoms. The molecule has 1 aromatic carbocycles. The number of rotatable bonds is 4. The first-order valence-electron chi connectivity index (χ1n) is 5.39. The second-order valence-electron chi connectivity index (χ2n) is 3.78. The quantitative estimate of drug-likeness (QED) is 0.380. The van der Waals surface area contributed by atoms with Gasteiger partial charge in [-0.3, -0.25) is 10.1 Å². The first kappa shape index (κ1) is 16.7. The molecule has 0 aliphatic rings. The molecule has 0 spiro atoms. The summed E-state index contributed by atoms with van der Waals surface area (Å²) in [5.74, 6) is 6.38. The van der Waals surface area contributed by atoms with Gasteiger partial charge in [-0.1, -0.05) is 17.7 Å². The van der Waals surface area contributed by atoms with Crippen molar-refractivity contribution < 1.29 is 4.92 Å². The number of nitrogens with zero attached hydrogens (tertiary/aromatic N) is 5. The Morgan fingerprint density at radius 3 is 2.81 bits per heavy atom. The lowest BCUT2D eigenvalue weighted by Crippen LogP contribution is -2.13. The van der Waals surface area contributed by atoms with Crippen molar-refractivity contribution in [2.24, 2.45) is 5.10 Å². The maximum Gasteiger partial charge on any atom is 0.288 e. The summed E-state index contributed by atoms with van der Waals surface area (Å²) in [6.45, 7) is 1.68. The minimum absolute atomic E-state index is 0. The third-order valence-electron chi connectivity index (χ3n) is 2.41. The highest BCUT2D eigenvalue weighted by atomic mass is 35.5. The first-order valence-corrected chi connectivity index (χ1v) is 5.77. The minimum atomic E-state index is -0.563. The van der Waals surface area contributed by atoms with Crippen LogP contribution in [0.3, 0.4) is 0 Å². The van der Waals surface area contributed by atoms with E-state index in [4.69, 9.17) is 17.4 Å². The van der Waals surface area contributed by atoms with Crippen molar-refractivity contribution in [3.63, 3.8) is 0 Å². The molecule has 11 heteroatoms. The van der Waals surface area contributed by atoms with Gasteiger partial charge in [-0.25, -0.2) is 10.1 Å². The Morgan fingerprint density at radius 2 is 2.24 bits per heavy atom. The van der Waals surface area contributed by atoms with Gasteiger partial charge in [-0.05, 0) is 13.0 Å². The van der Waals surface area contributed by atoms with Crippen LogP contribution < -0.4 is 11.3 Å². The van der Waals surface area contributed by atoms with Crippen molar-refractivity contribution in [2.75, 3.05) is 11.3 Å². The van der Waals surface area contributed by atoms with Crippen LogP contribution in [-0.4, -0.2) is 26.0 Å². The van der Waals surface area contributed by atoms with E-state index in [2.05, 4.69) is 20.7 Å². The van der Waals surface area contributed by atoms with Crippen LogP contribution in [0.1, 0.15) is 11.4 Å². The van der Waals surface area contributed by atoms with Crippen LogP contribution in [-0.2, 0) is 0 Å². The maximum atomic E-state index is 10.7. The Morgan fingerprint density at radius 1 is 1.52 bits per heavy atom. The summed E-state index contributed by atoms with van der Waals surface area (Å²) in [6.07, 6.45) is 1.38. The third-order valence-corrected chi connectivity index (χ3v) is 2.73. The molecule has 0 fully saturated rings. The van der Waals surface area contributed by atoms with Crippen molar-refractivity contribution >= 4 is 41.9 Å². The molecular formula is C10H11Cl2N7O2. The van der Waals surface area contributed by atoms with Gasteiger partial charge in [0.25, 0.3) is 11.6 Å². The summed E-state index contributed by atoms with van der Waals surface area (Å²) in [6, 6.07) is 4.33. The lowest BCUT2D eigenvalue weighted by molar-refractivity contribution is -0.384. The second kappa shape index (κ2) is 6.86. The Hall–Kier alpha value is -2.39. The second-order valence-corrected chi connectivity index (χ2v) is 4.19. The van der Waals surface area contributed by atoms with Crippen molar-refractivity contribution in [1.29, 1.82) is 0 Å². The van der Waals surface area contributed by atoms with Crippen LogP contribution in [0.2, 0.25) is 5.02 Å². The Balaban J connectivity index is 0.00000220. The molecule has 0 saturated carbocycles. The molecule has 0 aliphatic heterocycles. The van der Waals surface area contributed by atoms with E-state index in [9.17, 15) is 10.1 Å². The van der Waals surface area contributed by atoms with E-state index in [0.29, 0.717) is 11.4 Å². The van der Waals surface area contributed by atoms with E-state index in [1.807, 2.05) is 0 Å². The van der Waals surface area contributed by atoms with E-state index >= 15 is 0 Å². The zero-order valence-corrected chi connectivity index (χ0v) is 12.3. The number of nitro groups is 1. The third kappa shape index (κ3) is 3.80. The van der Waals surface area contributed by atoms with Gasteiger partial charge in [0.1, 0.15) is 5.02 Å². The summed E-state index contributed by atoms with van der Waals surface area (Å²) < 4.78 is 1.22. The summed E-state index contributed by atoms with van der Waals surface area (Å²) in [5, 5.41) is 22.2. The van der Waals surface area contributed by atoms with E-state index in [1.165, 1.54) is 23.0 Å². The van der Waals surface area contributed by atoms with Crippen molar-refractivity contribution in [3.05, 3.63) is 44.7 Å². The van der Waals surface area contributed by atoms with Crippen molar-refractivity contribution in [2.45, 2.75) is 6.92 Å². The number of hydrazone groups is 1. The number of nitrogens with two attached hydrogens (primary N) is 1. The number of nitro benzene ring substituents is 1. The van der Waals surface area contributed by atoms with E-state index in [-0.39, 0.29) is 29.1 Å². The van der Waals surface area contributed by atoms with Crippen molar-refractivity contribution in [3.8, 4) is 0 Å². The van der Waals surface area contributed by atoms with Gasteiger partial charge >= 0.3 is 0 Å². The average molecular weight is 332 g/mol. The number of aryl methyl sites for hydroxylation is 1. The largest absolute Gasteiger partial charge is 0.335 e.